The van der Waals surface area contributed by atoms with Crippen LogP contribution in [0.4, 0.5) is 0 Å². The second-order valence-electron chi connectivity index (χ2n) is 4.44. The van der Waals surface area contributed by atoms with Gasteiger partial charge in [-0.25, -0.2) is 0 Å². The highest BCUT2D eigenvalue weighted by atomic mass is 16.5. The third kappa shape index (κ3) is 4.51. The molecule has 0 saturated heterocycles. The van der Waals surface area contributed by atoms with Crippen molar-refractivity contribution in [1.82, 2.24) is 4.90 Å². The summed E-state index contributed by atoms with van der Waals surface area (Å²) >= 11 is 0. The number of carbonyl (C=O) groups excluding carboxylic acids is 2. The van der Waals surface area contributed by atoms with Crippen LogP contribution in [0.3, 0.4) is 0 Å². The van der Waals surface area contributed by atoms with Crippen LogP contribution >= 0.6 is 0 Å². The Labute approximate surface area is 130 Å². The summed E-state index contributed by atoms with van der Waals surface area (Å²) in [4.78, 5) is 25.3. The number of carbonyl (C=O) groups is 2. The monoisotopic (exact) mass is 307 g/mol. The molecule has 0 unspecified atom stereocenters. The van der Waals surface area contributed by atoms with Gasteiger partial charge in [0, 0.05) is 18.7 Å². The highest BCUT2D eigenvalue weighted by Crippen LogP contribution is 2.28. The van der Waals surface area contributed by atoms with E-state index in [1.165, 1.54) is 26.2 Å². The number of amides is 1. The van der Waals surface area contributed by atoms with Crippen molar-refractivity contribution < 1.29 is 23.8 Å². The van der Waals surface area contributed by atoms with E-state index in [4.69, 9.17) is 9.47 Å². The van der Waals surface area contributed by atoms with Gasteiger partial charge in [-0.3, -0.25) is 9.59 Å². The van der Waals surface area contributed by atoms with E-state index < -0.39 is 0 Å². The fraction of sp³-hybridized carbons (Fsp3) is 0.375. The number of benzene rings is 1. The molecule has 0 spiro atoms. The molecule has 0 bridgehead atoms. The summed E-state index contributed by atoms with van der Waals surface area (Å²) in [5.74, 6) is 0.433. The Morgan fingerprint density at radius 1 is 1.18 bits per heavy atom. The standard InChI is InChI=1S/C16H21NO5/c1-5-9-17(10-8-15(18)22-4)16(19)12-6-7-13(20-2)14(11-12)21-3/h5-7,11H,1,8-10H2,2-4H3. The lowest BCUT2D eigenvalue weighted by Gasteiger charge is -2.21. The van der Waals surface area contributed by atoms with E-state index in [0.29, 0.717) is 23.6 Å². The summed E-state index contributed by atoms with van der Waals surface area (Å²) in [6.07, 6.45) is 1.74. The first kappa shape index (κ1) is 17.6. The lowest BCUT2D eigenvalue weighted by Crippen LogP contribution is -2.33. The van der Waals surface area contributed by atoms with Gasteiger partial charge in [0.05, 0.1) is 27.8 Å². The van der Waals surface area contributed by atoms with E-state index in [9.17, 15) is 9.59 Å². The van der Waals surface area contributed by atoms with Crippen molar-refractivity contribution in [3.8, 4) is 11.5 Å². The van der Waals surface area contributed by atoms with Gasteiger partial charge in [0.15, 0.2) is 11.5 Å². The molecule has 0 atom stereocenters. The van der Waals surface area contributed by atoms with E-state index in [1.54, 1.807) is 24.3 Å². The molecule has 1 aromatic carbocycles. The summed E-state index contributed by atoms with van der Waals surface area (Å²) < 4.78 is 14.9. The first-order valence-electron chi connectivity index (χ1n) is 6.76. The van der Waals surface area contributed by atoms with Gasteiger partial charge < -0.3 is 19.1 Å². The molecule has 1 rings (SSSR count). The molecule has 0 aliphatic heterocycles. The highest BCUT2D eigenvalue weighted by Gasteiger charge is 2.18. The van der Waals surface area contributed by atoms with Crippen LogP contribution in [0.15, 0.2) is 30.9 Å². The van der Waals surface area contributed by atoms with Crippen LogP contribution in [0.2, 0.25) is 0 Å². The fourth-order valence-corrected chi connectivity index (χ4v) is 1.91. The lowest BCUT2D eigenvalue weighted by molar-refractivity contribution is -0.140. The van der Waals surface area contributed by atoms with E-state index in [-0.39, 0.29) is 24.8 Å². The minimum absolute atomic E-state index is 0.128. The zero-order valence-corrected chi connectivity index (χ0v) is 13.1. The maximum atomic E-state index is 12.5. The molecule has 0 N–H and O–H groups in total. The van der Waals surface area contributed by atoms with E-state index in [1.807, 2.05) is 0 Å². The van der Waals surface area contributed by atoms with Gasteiger partial charge in [0.25, 0.3) is 5.91 Å². The van der Waals surface area contributed by atoms with Crippen molar-refractivity contribution in [2.75, 3.05) is 34.4 Å². The topological polar surface area (TPSA) is 65.1 Å². The Kier molecular flexibility index (Phi) is 6.95. The Hall–Kier alpha value is -2.50. The summed E-state index contributed by atoms with van der Waals surface area (Å²) in [6, 6.07) is 4.92. The van der Waals surface area contributed by atoms with Crippen LogP contribution in [-0.4, -0.2) is 51.2 Å². The number of hydrogen-bond donors (Lipinski definition) is 0. The van der Waals surface area contributed by atoms with E-state index >= 15 is 0 Å². The van der Waals surface area contributed by atoms with Crippen molar-refractivity contribution in [3.05, 3.63) is 36.4 Å². The van der Waals surface area contributed by atoms with E-state index in [2.05, 4.69) is 11.3 Å². The van der Waals surface area contributed by atoms with Crippen molar-refractivity contribution in [1.29, 1.82) is 0 Å². The number of methoxy groups -OCH3 is 3. The quantitative estimate of drug-likeness (QED) is 0.542. The second-order valence-corrected chi connectivity index (χ2v) is 4.44. The molecule has 6 nitrogen and oxygen atoms in total. The van der Waals surface area contributed by atoms with Crippen molar-refractivity contribution in [2.45, 2.75) is 6.42 Å². The Bertz CT molecular complexity index is 541. The zero-order valence-electron chi connectivity index (χ0n) is 13.1. The van der Waals surface area contributed by atoms with Crippen molar-refractivity contribution in [3.63, 3.8) is 0 Å². The van der Waals surface area contributed by atoms with Gasteiger partial charge in [-0.2, -0.15) is 0 Å². The van der Waals surface area contributed by atoms with Crippen LogP contribution in [0.5, 0.6) is 11.5 Å². The van der Waals surface area contributed by atoms with Crippen LogP contribution < -0.4 is 9.47 Å². The largest absolute Gasteiger partial charge is 0.493 e. The number of rotatable bonds is 8. The number of esters is 1. The number of hydrogen-bond acceptors (Lipinski definition) is 5. The van der Waals surface area contributed by atoms with Crippen LogP contribution in [-0.2, 0) is 9.53 Å². The summed E-state index contributed by atoms with van der Waals surface area (Å²) in [7, 11) is 4.35. The zero-order chi connectivity index (χ0) is 16.5. The third-order valence-electron chi connectivity index (χ3n) is 3.08. The molecule has 0 aliphatic rings. The molecule has 120 valence electrons. The molecular formula is C16H21NO5. The molecular weight excluding hydrogens is 286 g/mol. The van der Waals surface area contributed by atoms with Gasteiger partial charge in [0.1, 0.15) is 0 Å². The van der Waals surface area contributed by atoms with E-state index in [0.717, 1.165) is 0 Å². The second kappa shape index (κ2) is 8.71. The van der Waals surface area contributed by atoms with Crippen molar-refractivity contribution >= 4 is 11.9 Å². The predicted molar refractivity (Wildman–Crippen MR) is 82.3 cm³/mol. The van der Waals surface area contributed by atoms with Gasteiger partial charge in [0.2, 0.25) is 0 Å². The maximum absolute atomic E-state index is 12.5. The summed E-state index contributed by atoms with van der Waals surface area (Å²) in [6.45, 7) is 4.22. The normalized spacial score (nSPS) is 9.77. The lowest BCUT2D eigenvalue weighted by atomic mass is 10.1. The predicted octanol–water partition coefficient (Wildman–Crippen LogP) is 1.90. The molecule has 1 aromatic rings. The molecule has 6 heteroatoms. The Morgan fingerprint density at radius 3 is 2.41 bits per heavy atom. The molecule has 1 amide bonds. The number of nitrogens with zero attached hydrogens (tertiary/aromatic N) is 1. The molecule has 22 heavy (non-hydrogen) atoms. The van der Waals surface area contributed by atoms with Crippen LogP contribution in [0.1, 0.15) is 16.8 Å². The number of ether oxygens (including phenoxy) is 3. The Balaban J connectivity index is 2.93. The van der Waals surface area contributed by atoms with Crippen LogP contribution in [0, 0.1) is 0 Å². The molecule has 0 heterocycles. The average molecular weight is 307 g/mol. The molecule has 0 saturated carbocycles. The molecule has 0 radical (unpaired) electrons. The van der Waals surface area contributed by atoms with Gasteiger partial charge in [-0.1, -0.05) is 6.08 Å². The molecule has 0 aromatic heterocycles. The highest BCUT2D eigenvalue weighted by molar-refractivity contribution is 5.95. The van der Waals surface area contributed by atoms with Crippen molar-refractivity contribution in [2.24, 2.45) is 0 Å². The molecule has 0 fully saturated rings. The Morgan fingerprint density at radius 2 is 1.86 bits per heavy atom. The summed E-state index contributed by atoms with van der Waals surface area (Å²) in [5.41, 5.74) is 0.448. The van der Waals surface area contributed by atoms with Gasteiger partial charge >= 0.3 is 5.97 Å². The minimum Gasteiger partial charge on any atom is -0.493 e. The molecule has 0 aliphatic carbocycles. The summed E-state index contributed by atoms with van der Waals surface area (Å²) in [5, 5.41) is 0. The third-order valence-corrected chi connectivity index (χ3v) is 3.08. The van der Waals surface area contributed by atoms with Crippen LogP contribution in [0.25, 0.3) is 0 Å². The minimum atomic E-state index is -0.367. The van der Waals surface area contributed by atoms with Gasteiger partial charge in [-0.05, 0) is 18.2 Å². The fourth-order valence-electron chi connectivity index (χ4n) is 1.91. The SMILES string of the molecule is C=CCN(CCC(=O)OC)C(=O)c1ccc(OC)c(OC)c1. The average Bonchev–Trinajstić information content (AvgIpc) is 2.56. The van der Waals surface area contributed by atoms with Gasteiger partial charge in [-0.15, -0.1) is 6.58 Å². The first-order valence-corrected chi connectivity index (χ1v) is 6.76. The smallest absolute Gasteiger partial charge is 0.307 e. The maximum Gasteiger partial charge on any atom is 0.307 e. The first-order chi connectivity index (χ1) is 10.6.